The maximum Gasteiger partial charge on any atom is 0.202 e. The van der Waals surface area contributed by atoms with Gasteiger partial charge in [0, 0.05) is 30.0 Å². The van der Waals surface area contributed by atoms with Crippen molar-refractivity contribution >= 4 is 16.7 Å². The Hall–Kier alpha value is -1.46. The number of nitrogens with zero attached hydrogens (tertiary/aromatic N) is 2. The molecule has 1 aromatic carbocycles. The van der Waals surface area contributed by atoms with Crippen LogP contribution in [-0.4, -0.2) is 9.36 Å². The molecule has 2 aromatic rings. The van der Waals surface area contributed by atoms with Crippen molar-refractivity contribution < 1.29 is 0 Å². The second-order valence-corrected chi connectivity index (χ2v) is 6.30. The van der Waals surface area contributed by atoms with Gasteiger partial charge in [0.05, 0.1) is 0 Å². The van der Waals surface area contributed by atoms with Crippen LogP contribution in [0.25, 0.3) is 0 Å². The van der Waals surface area contributed by atoms with E-state index in [1.54, 1.807) is 0 Å². The smallest absolute Gasteiger partial charge is 0.202 e. The highest BCUT2D eigenvalue weighted by molar-refractivity contribution is 7.09. The quantitative estimate of drug-likeness (QED) is 0.901. The number of benzene rings is 1. The fourth-order valence-corrected chi connectivity index (χ4v) is 2.40. The van der Waals surface area contributed by atoms with Crippen LogP contribution in [0, 0.1) is 0 Å². The fraction of sp³-hybridized carbons (Fsp3) is 0.429. The van der Waals surface area contributed by atoms with Crippen molar-refractivity contribution in [2.24, 2.45) is 5.73 Å². The molecule has 0 spiro atoms. The third-order valence-electron chi connectivity index (χ3n) is 2.77. The van der Waals surface area contributed by atoms with Crippen LogP contribution >= 0.6 is 11.5 Å². The SMILES string of the molecule is CC(C)(C)c1nsc(NCc2cccc(CN)c2)n1. The van der Waals surface area contributed by atoms with Crippen molar-refractivity contribution in [3.8, 4) is 0 Å². The minimum absolute atomic E-state index is 0.00407. The minimum atomic E-state index is -0.00407. The zero-order chi connectivity index (χ0) is 13.9. The van der Waals surface area contributed by atoms with Gasteiger partial charge >= 0.3 is 0 Å². The molecule has 0 bridgehead atoms. The average molecular weight is 276 g/mol. The van der Waals surface area contributed by atoms with Crippen LogP contribution in [0.2, 0.25) is 0 Å². The van der Waals surface area contributed by atoms with Crippen LogP contribution < -0.4 is 11.1 Å². The molecule has 0 aliphatic carbocycles. The highest BCUT2D eigenvalue weighted by Gasteiger charge is 2.19. The minimum Gasteiger partial charge on any atom is -0.356 e. The van der Waals surface area contributed by atoms with Crippen LogP contribution in [0.1, 0.15) is 37.7 Å². The van der Waals surface area contributed by atoms with Gasteiger partial charge in [-0.05, 0) is 11.1 Å². The van der Waals surface area contributed by atoms with Crippen molar-refractivity contribution in [3.63, 3.8) is 0 Å². The van der Waals surface area contributed by atoms with E-state index in [-0.39, 0.29) is 5.41 Å². The number of aromatic nitrogens is 2. The fourth-order valence-electron chi connectivity index (χ4n) is 1.64. The Balaban J connectivity index is 2.00. The van der Waals surface area contributed by atoms with E-state index < -0.39 is 0 Å². The van der Waals surface area contributed by atoms with Crippen molar-refractivity contribution in [3.05, 3.63) is 41.2 Å². The van der Waals surface area contributed by atoms with E-state index in [1.165, 1.54) is 17.1 Å². The Morgan fingerprint density at radius 1 is 1.26 bits per heavy atom. The third-order valence-corrected chi connectivity index (χ3v) is 3.44. The molecule has 2 rings (SSSR count). The molecule has 0 atom stereocenters. The van der Waals surface area contributed by atoms with Crippen LogP contribution in [0.5, 0.6) is 0 Å². The summed E-state index contributed by atoms with van der Waals surface area (Å²) in [7, 11) is 0. The van der Waals surface area contributed by atoms with E-state index >= 15 is 0 Å². The first-order valence-electron chi connectivity index (χ1n) is 6.35. The van der Waals surface area contributed by atoms with Crippen molar-refractivity contribution in [2.45, 2.75) is 39.3 Å². The molecule has 0 unspecified atom stereocenters. The molecule has 4 nitrogen and oxygen atoms in total. The normalized spacial score (nSPS) is 11.6. The molecule has 0 fully saturated rings. The van der Waals surface area contributed by atoms with Gasteiger partial charge in [0.1, 0.15) is 5.82 Å². The average Bonchev–Trinajstić information content (AvgIpc) is 2.85. The molecule has 19 heavy (non-hydrogen) atoms. The summed E-state index contributed by atoms with van der Waals surface area (Å²) >= 11 is 1.41. The lowest BCUT2D eigenvalue weighted by Gasteiger charge is -2.12. The van der Waals surface area contributed by atoms with Gasteiger partial charge < -0.3 is 11.1 Å². The summed E-state index contributed by atoms with van der Waals surface area (Å²) in [6.45, 7) is 7.66. The van der Waals surface area contributed by atoms with E-state index in [0.717, 1.165) is 23.1 Å². The van der Waals surface area contributed by atoms with Crippen molar-refractivity contribution in [1.29, 1.82) is 0 Å². The maximum atomic E-state index is 5.64. The van der Waals surface area contributed by atoms with Crippen molar-refractivity contribution in [2.75, 3.05) is 5.32 Å². The summed E-state index contributed by atoms with van der Waals surface area (Å²) in [6, 6.07) is 8.25. The van der Waals surface area contributed by atoms with E-state index in [9.17, 15) is 0 Å². The molecular formula is C14H20N4S. The second kappa shape index (κ2) is 5.67. The lowest BCUT2D eigenvalue weighted by atomic mass is 9.96. The number of nitrogens with two attached hydrogens (primary N) is 1. The maximum absolute atomic E-state index is 5.64. The Morgan fingerprint density at radius 2 is 2.00 bits per heavy atom. The highest BCUT2D eigenvalue weighted by atomic mass is 32.1. The molecule has 0 saturated heterocycles. The van der Waals surface area contributed by atoms with Gasteiger partial charge in [-0.2, -0.15) is 4.37 Å². The van der Waals surface area contributed by atoms with Gasteiger partial charge in [0.25, 0.3) is 0 Å². The predicted molar refractivity (Wildman–Crippen MR) is 80.3 cm³/mol. The molecule has 3 N–H and O–H groups in total. The topological polar surface area (TPSA) is 63.8 Å². The summed E-state index contributed by atoms with van der Waals surface area (Å²) in [6.07, 6.45) is 0. The molecule has 102 valence electrons. The van der Waals surface area contributed by atoms with Gasteiger partial charge in [-0.15, -0.1) is 0 Å². The highest BCUT2D eigenvalue weighted by Crippen LogP contribution is 2.23. The van der Waals surface area contributed by atoms with E-state index in [1.807, 2.05) is 12.1 Å². The second-order valence-electron chi connectivity index (χ2n) is 5.55. The van der Waals surface area contributed by atoms with Crippen LogP contribution in [0.4, 0.5) is 5.13 Å². The Morgan fingerprint density at radius 3 is 2.63 bits per heavy atom. The van der Waals surface area contributed by atoms with Gasteiger partial charge in [0.2, 0.25) is 5.13 Å². The first-order valence-corrected chi connectivity index (χ1v) is 7.12. The number of hydrogen-bond acceptors (Lipinski definition) is 5. The van der Waals surface area contributed by atoms with Gasteiger partial charge in [-0.25, -0.2) is 4.98 Å². The molecule has 0 aliphatic heterocycles. The summed E-state index contributed by atoms with van der Waals surface area (Å²) in [5.74, 6) is 0.885. The monoisotopic (exact) mass is 276 g/mol. The summed E-state index contributed by atoms with van der Waals surface area (Å²) in [4.78, 5) is 4.51. The number of nitrogens with one attached hydrogen (secondary N) is 1. The number of hydrogen-bond donors (Lipinski definition) is 2. The van der Waals surface area contributed by atoms with E-state index in [0.29, 0.717) is 6.54 Å². The number of anilines is 1. The van der Waals surface area contributed by atoms with Crippen LogP contribution in [0.3, 0.4) is 0 Å². The first-order chi connectivity index (χ1) is 8.99. The van der Waals surface area contributed by atoms with Crippen LogP contribution in [-0.2, 0) is 18.5 Å². The Labute approximate surface area is 118 Å². The van der Waals surface area contributed by atoms with Crippen molar-refractivity contribution in [1.82, 2.24) is 9.36 Å². The molecule has 0 aliphatic rings. The lowest BCUT2D eigenvalue weighted by Crippen LogP contribution is -2.13. The Kier molecular flexibility index (Phi) is 4.17. The molecular weight excluding hydrogens is 256 g/mol. The van der Waals surface area contributed by atoms with Gasteiger partial charge in [0.15, 0.2) is 0 Å². The van der Waals surface area contributed by atoms with E-state index in [4.69, 9.17) is 5.73 Å². The largest absolute Gasteiger partial charge is 0.356 e. The third kappa shape index (κ3) is 3.75. The summed E-state index contributed by atoms with van der Waals surface area (Å²) in [5, 5.41) is 4.17. The molecule has 1 heterocycles. The molecule has 0 radical (unpaired) electrons. The molecule has 0 saturated carbocycles. The number of rotatable bonds is 4. The first kappa shape index (κ1) is 14.0. The molecule has 0 amide bonds. The standard InChI is InChI=1S/C14H20N4S/c1-14(2,3)12-17-13(19-18-12)16-9-11-6-4-5-10(7-11)8-15/h4-7H,8-9,15H2,1-3H3,(H,16,17,18). The zero-order valence-electron chi connectivity index (χ0n) is 11.6. The Bertz CT molecular complexity index is 542. The summed E-state index contributed by atoms with van der Waals surface area (Å²) in [5.41, 5.74) is 7.98. The van der Waals surface area contributed by atoms with E-state index in [2.05, 4.69) is 47.6 Å². The summed E-state index contributed by atoms with van der Waals surface area (Å²) < 4.78 is 4.38. The van der Waals surface area contributed by atoms with Crippen LogP contribution in [0.15, 0.2) is 24.3 Å². The predicted octanol–water partition coefficient (Wildman–Crippen LogP) is 2.91. The molecule has 1 aromatic heterocycles. The lowest BCUT2D eigenvalue weighted by molar-refractivity contribution is 0.555. The van der Waals surface area contributed by atoms with Gasteiger partial charge in [-0.3, -0.25) is 0 Å². The molecule has 5 heteroatoms. The zero-order valence-corrected chi connectivity index (χ0v) is 12.4. The van der Waals surface area contributed by atoms with Gasteiger partial charge in [-0.1, -0.05) is 45.0 Å².